The van der Waals surface area contributed by atoms with Gasteiger partial charge in [-0.25, -0.2) is 4.79 Å². The summed E-state index contributed by atoms with van der Waals surface area (Å²) in [5.41, 5.74) is 1.05. The molecule has 1 saturated heterocycles. The maximum atomic E-state index is 11.8. The molecule has 1 aliphatic rings. The number of hydrogen-bond acceptors (Lipinski definition) is 3. The van der Waals surface area contributed by atoms with Gasteiger partial charge in [0.15, 0.2) is 0 Å². The molecule has 1 aromatic rings. The van der Waals surface area contributed by atoms with Gasteiger partial charge < -0.3 is 16.0 Å². The Hall–Kier alpha value is -2.05. The molecule has 110 valence electrons. The van der Waals surface area contributed by atoms with Crippen molar-refractivity contribution in [1.82, 2.24) is 25.7 Å². The molecule has 7 heteroatoms. The first kappa shape index (κ1) is 14.4. The van der Waals surface area contributed by atoms with Crippen molar-refractivity contribution in [2.45, 2.75) is 31.7 Å². The summed E-state index contributed by atoms with van der Waals surface area (Å²) >= 11 is 0. The molecule has 0 radical (unpaired) electrons. The van der Waals surface area contributed by atoms with Crippen molar-refractivity contribution < 1.29 is 9.59 Å². The van der Waals surface area contributed by atoms with Gasteiger partial charge in [-0.1, -0.05) is 0 Å². The Morgan fingerprint density at radius 3 is 3.15 bits per heavy atom. The van der Waals surface area contributed by atoms with Gasteiger partial charge in [-0.3, -0.25) is 9.48 Å². The minimum Gasteiger partial charge on any atom is -0.354 e. The molecular formula is C13H21N5O2. The highest BCUT2D eigenvalue weighted by Crippen LogP contribution is 2.05. The second-order valence-corrected chi connectivity index (χ2v) is 4.94. The van der Waals surface area contributed by atoms with Gasteiger partial charge in [-0.2, -0.15) is 5.10 Å². The maximum Gasteiger partial charge on any atom is 0.315 e. The van der Waals surface area contributed by atoms with Gasteiger partial charge in [-0.05, 0) is 25.3 Å². The predicted molar refractivity (Wildman–Crippen MR) is 74.1 cm³/mol. The predicted octanol–water partition coefficient (Wildman–Crippen LogP) is -0.0695. The van der Waals surface area contributed by atoms with E-state index in [1.165, 1.54) is 0 Å². The van der Waals surface area contributed by atoms with Crippen LogP contribution in [0.15, 0.2) is 12.3 Å². The summed E-state index contributed by atoms with van der Waals surface area (Å²) in [6.07, 6.45) is 5.04. The summed E-state index contributed by atoms with van der Waals surface area (Å²) in [5.74, 6) is -0.0933. The van der Waals surface area contributed by atoms with Crippen molar-refractivity contribution in [3.8, 4) is 0 Å². The summed E-state index contributed by atoms with van der Waals surface area (Å²) in [5, 5.41) is 12.3. The fourth-order valence-corrected chi connectivity index (χ4v) is 2.24. The zero-order chi connectivity index (χ0) is 14.4. The fourth-order valence-electron chi connectivity index (χ4n) is 2.24. The van der Waals surface area contributed by atoms with Crippen molar-refractivity contribution in [2.24, 2.45) is 7.05 Å². The minimum atomic E-state index is -0.422. The van der Waals surface area contributed by atoms with E-state index in [9.17, 15) is 9.59 Å². The topological polar surface area (TPSA) is 88.1 Å². The molecule has 0 bridgehead atoms. The Kier molecular flexibility index (Phi) is 4.97. The first-order chi connectivity index (χ1) is 9.66. The Morgan fingerprint density at radius 1 is 1.55 bits per heavy atom. The number of aryl methyl sites for hydroxylation is 1. The number of nitrogens with one attached hydrogen (secondary N) is 3. The quantitative estimate of drug-likeness (QED) is 0.721. The largest absolute Gasteiger partial charge is 0.354 e. The van der Waals surface area contributed by atoms with Crippen molar-refractivity contribution in [3.63, 3.8) is 0 Å². The van der Waals surface area contributed by atoms with Crippen LogP contribution in [0.25, 0.3) is 0 Å². The second-order valence-electron chi connectivity index (χ2n) is 4.94. The van der Waals surface area contributed by atoms with Crippen LogP contribution in [0.4, 0.5) is 4.79 Å². The Bertz CT molecular complexity index is 471. The molecule has 3 N–H and O–H groups in total. The summed E-state index contributed by atoms with van der Waals surface area (Å²) in [7, 11) is 1.87. The van der Waals surface area contributed by atoms with E-state index in [-0.39, 0.29) is 11.9 Å². The number of hydrogen-bond donors (Lipinski definition) is 3. The highest BCUT2D eigenvalue weighted by atomic mass is 16.2. The second kappa shape index (κ2) is 6.93. The molecule has 0 spiro atoms. The van der Waals surface area contributed by atoms with Crippen LogP contribution in [-0.2, 0) is 18.3 Å². The monoisotopic (exact) mass is 279 g/mol. The lowest BCUT2D eigenvalue weighted by molar-refractivity contribution is -0.122. The van der Waals surface area contributed by atoms with Crippen LogP contribution in [0.2, 0.25) is 0 Å². The smallest absolute Gasteiger partial charge is 0.315 e. The number of rotatable bonds is 4. The zero-order valence-electron chi connectivity index (χ0n) is 11.7. The molecule has 0 aliphatic carbocycles. The van der Waals surface area contributed by atoms with Crippen molar-refractivity contribution in [2.75, 3.05) is 13.1 Å². The first-order valence-electron chi connectivity index (χ1n) is 6.96. The van der Waals surface area contributed by atoms with Crippen LogP contribution in [0.1, 0.15) is 25.0 Å². The van der Waals surface area contributed by atoms with Gasteiger partial charge in [0.05, 0.1) is 0 Å². The Balaban J connectivity index is 1.72. The van der Waals surface area contributed by atoms with Crippen LogP contribution >= 0.6 is 0 Å². The van der Waals surface area contributed by atoms with Crippen LogP contribution in [-0.4, -0.2) is 40.9 Å². The minimum absolute atomic E-state index is 0.0933. The summed E-state index contributed by atoms with van der Waals surface area (Å²) < 4.78 is 1.78. The van der Waals surface area contributed by atoms with E-state index in [0.717, 1.165) is 18.5 Å². The molecule has 1 unspecified atom stereocenters. The van der Waals surface area contributed by atoms with Gasteiger partial charge in [0.2, 0.25) is 5.91 Å². The molecule has 3 amide bonds. The molecular weight excluding hydrogens is 258 g/mol. The molecule has 1 fully saturated rings. The normalized spacial score (nSPS) is 19.1. The average Bonchev–Trinajstić information content (AvgIpc) is 2.71. The summed E-state index contributed by atoms with van der Waals surface area (Å²) in [6.45, 7) is 1.21. The molecule has 2 rings (SSSR count). The average molecular weight is 279 g/mol. The molecule has 0 aromatic carbocycles. The molecule has 7 nitrogen and oxygen atoms in total. The van der Waals surface area contributed by atoms with Gasteiger partial charge in [0.25, 0.3) is 0 Å². The maximum absolute atomic E-state index is 11.8. The van der Waals surface area contributed by atoms with E-state index in [4.69, 9.17) is 0 Å². The van der Waals surface area contributed by atoms with Gasteiger partial charge in [0.1, 0.15) is 6.04 Å². The molecule has 0 saturated carbocycles. The SMILES string of the molecule is Cn1nccc1CCNC(=O)NC1CCCCNC1=O. The lowest BCUT2D eigenvalue weighted by Gasteiger charge is -2.15. The van der Waals surface area contributed by atoms with Crippen molar-refractivity contribution >= 4 is 11.9 Å². The number of urea groups is 1. The number of aromatic nitrogens is 2. The highest BCUT2D eigenvalue weighted by molar-refractivity contribution is 5.87. The van der Waals surface area contributed by atoms with Gasteiger partial charge >= 0.3 is 6.03 Å². The third kappa shape index (κ3) is 3.97. The number of carbonyl (C=O) groups is 2. The highest BCUT2D eigenvalue weighted by Gasteiger charge is 2.21. The third-order valence-corrected chi connectivity index (χ3v) is 3.43. The molecule has 20 heavy (non-hydrogen) atoms. The number of nitrogens with zero attached hydrogens (tertiary/aromatic N) is 2. The van der Waals surface area contributed by atoms with E-state index in [2.05, 4.69) is 21.0 Å². The molecule has 2 heterocycles. The van der Waals surface area contributed by atoms with Crippen LogP contribution < -0.4 is 16.0 Å². The van der Waals surface area contributed by atoms with E-state index in [0.29, 0.717) is 25.9 Å². The summed E-state index contributed by atoms with van der Waals surface area (Å²) in [6, 6.07) is 1.20. The molecule has 1 aliphatic heterocycles. The van der Waals surface area contributed by atoms with Gasteiger partial charge in [-0.15, -0.1) is 0 Å². The lowest BCUT2D eigenvalue weighted by Crippen LogP contribution is -2.49. The Morgan fingerprint density at radius 2 is 2.40 bits per heavy atom. The van der Waals surface area contributed by atoms with Gasteiger partial charge in [0, 0.05) is 38.4 Å². The Labute approximate surface area is 118 Å². The van der Waals surface area contributed by atoms with E-state index in [1.807, 2.05) is 13.1 Å². The van der Waals surface area contributed by atoms with Crippen LogP contribution in [0.5, 0.6) is 0 Å². The summed E-state index contributed by atoms with van der Waals surface area (Å²) in [4.78, 5) is 23.4. The van der Waals surface area contributed by atoms with E-state index in [1.54, 1.807) is 10.9 Å². The molecule has 1 atom stereocenters. The fraction of sp³-hybridized carbons (Fsp3) is 0.615. The lowest BCUT2D eigenvalue weighted by atomic mass is 10.1. The first-order valence-corrected chi connectivity index (χ1v) is 6.96. The standard InChI is InChI=1S/C13H21N5O2/c1-18-10(6-9-16-18)5-8-15-13(20)17-11-4-2-3-7-14-12(11)19/h6,9,11H,2-5,7-8H2,1H3,(H,14,19)(H2,15,17,20). The number of amides is 3. The van der Waals surface area contributed by atoms with Crippen molar-refractivity contribution in [3.05, 3.63) is 18.0 Å². The molecule has 1 aromatic heterocycles. The van der Waals surface area contributed by atoms with Crippen LogP contribution in [0, 0.1) is 0 Å². The van der Waals surface area contributed by atoms with E-state index < -0.39 is 6.04 Å². The van der Waals surface area contributed by atoms with Crippen LogP contribution in [0.3, 0.4) is 0 Å². The zero-order valence-corrected chi connectivity index (χ0v) is 11.7. The number of carbonyl (C=O) groups excluding carboxylic acids is 2. The van der Waals surface area contributed by atoms with Crippen molar-refractivity contribution in [1.29, 1.82) is 0 Å². The van der Waals surface area contributed by atoms with E-state index >= 15 is 0 Å². The third-order valence-electron chi connectivity index (χ3n) is 3.43.